The molecule has 224 valence electrons. The van der Waals surface area contributed by atoms with Crippen molar-refractivity contribution in [2.24, 2.45) is 0 Å². The molecule has 0 saturated heterocycles. The van der Waals surface area contributed by atoms with Gasteiger partial charge in [-0.3, -0.25) is 15.0 Å². The van der Waals surface area contributed by atoms with Crippen LogP contribution < -0.4 is 0 Å². The summed E-state index contributed by atoms with van der Waals surface area (Å²) in [5.41, 5.74) is 11.9. The average molecular weight is 616 g/mol. The highest BCUT2D eigenvalue weighted by molar-refractivity contribution is 6.04. The van der Waals surface area contributed by atoms with Crippen LogP contribution in [0.15, 0.2) is 152 Å². The molecular weight excluding hydrogens is 591 g/mol. The molecule has 0 fully saturated rings. The summed E-state index contributed by atoms with van der Waals surface area (Å²) in [6.07, 6.45) is 5.32. The Morgan fingerprint density at radius 3 is 1.42 bits per heavy atom. The molecule has 0 unspecified atom stereocenters. The Kier molecular flexibility index (Phi) is 6.64. The molecule has 9 rings (SSSR count). The van der Waals surface area contributed by atoms with Crippen LogP contribution in [0, 0.1) is 0 Å². The number of fused-ring (bicyclic) bond motifs is 4. The topological polar surface area (TPSA) is 90.2 Å². The highest BCUT2D eigenvalue weighted by Crippen LogP contribution is 2.32. The summed E-state index contributed by atoms with van der Waals surface area (Å²) in [6, 6.07) is 44.6. The first kappa shape index (κ1) is 27.6. The Labute approximate surface area is 275 Å². The zero-order valence-corrected chi connectivity index (χ0v) is 25.6. The molecule has 0 aliphatic heterocycles. The zero-order chi connectivity index (χ0) is 31.9. The number of hydrogen-bond acceptors (Lipinski definition) is 7. The van der Waals surface area contributed by atoms with E-state index in [4.69, 9.17) is 19.9 Å². The number of hydrogen-bond donors (Lipinski definition) is 0. The fourth-order valence-corrected chi connectivity index (χ4v) is 6.02. The lowest BCUT2D eigenvalue weighted by Crippen LogP contribution is -1.98. The largest absolute Gasteiger partial charge is 0.255 e. The van der Waals surface area contributed by atoms with Crippen molar-refractivity contribution in [2.75, 3.05) is 0 Å². The lowest BCUT2D eigenvalue weighted by atomic mass is 10.0. The van der Waals surface area contributed by atoms with Crippen LogP contribution >= 0.6 is 0 Å². The van der Waals surface area contributed by atoms with Gasteiger partial charge in [0.05, 0.1) is 50.5 Å². The Morgan fingerprint density at radius 1 is 0.312 bits per heavy atom. The first-order valence-electron chi connectivity index (χ1n) is 15.6. The van der Waals surface area contributed by atoms with E-state index in [-0.39, 0.29) is 0 Å². The van der Waals surface area contributed by atoms with Crippen LogP contribution in [0.3, 0.4) is 0 Å². The van der Waals surface area contributed by atoms with E-state index < -0.39 is 0 Å². The van der Waals surface area contributed by atoms with Gasteiger partial charge in [-0.25, -0.2) is 19.9 Å². The molecular formula is C41H25N7. The Balaban J connectivity index is 1.09. The maximum Gasteiger partial charge on any atom is 0.117 e. The standard InChI is InChI=1S/C41H25N7/c1-4-22-42-32(7-1)33-20-17-29-15-14-28-16-19-31(45-38(28)39(29)46-33)27-12-10-26(11-13-27)30-18-21-34-37(25-30)48-41(36-9-3-6-24-44-36)40(47-34)35-8-2-5-23-43-35/h1-25H. The summed E-state index contributed by atoms with van der Waals surface area (Å²) in [7, 11) is 0. The van der Waals surface area contributed by atoms with Gasteiger partial charge in [0.25, 0.3) is 0 Å². The molecule has 0 aliphatic carbocycles. The molecule has 3 aromatic carbocycles. The number of benzene rings is 3. The van der Waals surface area contributed by atoms with E-state index in [1.54, 1.807) is 18.6 Å². The third kappa shape index (κ3) is 5.00. The molecule has 6 heterocycles. The summed E-state index contributed by atoms with van der Waals surface area (Å²) in [5, 5.41) is 2.09. The third-order valence-electron chi connectivity index (χ3n) is 8.44. The molecule has 48 heavy (non-hydrogen) atoms. The molecule has 0 saturated carbocycles. The monoisotopic (exact) mass is 615 g/mol. The summed E-state index contributed by atoms with van der Waals surface area (Å²) in [6.45, 7) is 0. The second kappa shape index (κ2) is 11.6. The summed E-state index contributed by atoms with van der Waals surface area (Å²) in [4.78, 5) is 33.8. The fourth-order valence-electron chi connectivity index (χ4n) is 6.02. The smallest absolute Gasteiger partial charge is 0.117 e. The van der Waals surface area contributed by atoms with Crippen molar-refractivity contribution >= 4 is 32.8 Å². The normalized spacial score (nSPS) is 11.3. The van der Waals surface area contributed by atoms with E-state index in [2.05, 4.69) is 81.7 Å². The number of pyridine rings is 5. The van der Waals surface area contributed by atoms with E-state index in [1.165, 1.54) is 0 Å². The van der Waals surface area contributed by atoms with Gasteiger partial charge in [0.1, 0.15) is 11.4 Å². The maximum atomic E-state index is 5.11. The van der Waals surface area contributed by atoms with Crippen LogP contribution in [0.4, 0.5) is 0 Å². The van der Waals surface area contributed by atoms with Gasteiger partial charge in [0.2, 0.25) is 0 Å². The van der Waals surface area contributed by atoms with Crippen molar-refractivity contribution in [3.05, 3.63) is 152 Å². The number of rotatable bonds is 5. The van der Waals surface area contributed by atoms with E-state index >= 15 is 0 Å². The van der Waals surface area contributed by atoms with Crippen LogP contribution in [-0.2, 0) is 0 Å². The zero-order valence-electron chi connectivity index (χ0n) is 25.6. The van der Waals surface area contributed by atoms with Gasteiger partial charge in [-0.1, -0.05) is 72.8 Å². The van der Waals surface area contributed by atoms with Crippen molar-refractivity contribution in [3.63, 3.8) is 0 Å². The quantitative estimate of drug-likeness (QED) is 0.178. The Hall–Kier alpha value is -6.73. The van der Waals surface area contributed by atoms with Crippen molar-refractivity contribution < 1.29 is 0 Å². The molecule has 7 nitrogen and oxygen atoms in total. The van der Waals surface area contributed by atoms with E-state index in [0.717, 1.165) is 78.0 Å². The van der Waals surface area contributed by atoms with Crippen LogP contribution in [0.2, 0.25) is 0 Å². The van der Waals surface area contributed by atoms with Crippen LogP contribution in [-0.4, -0.2) is 34.9 Å². The second-order valence-corrected chi connectivity index (χ2v) is 11.4. The minimum atomic E-state index is 0.700. The summed E-state index contributed by atoms with van der Waals surface area (Å²) >= 11 is 0. The van der Waals surface area contributed by atoms with Gasteiger partial charge in [-0.15, -0.1) is 0 Å². The summed E-state index contributed by atoms with van der Waals surface area (Å²) < 4.78 is 0. The van der Waals surface area contributed by atoms with Gasteiger partial charge >= 0.3 is 0 Å². The lowest BCUT2D eigenvalue weighted by molar-refractivity contribution is 1.21. The van der Waals surface area contributed by atoms with Gasteiger partial charge in [0, 0.05) is 34.9 Å². The number of nitrogens with zero attached hydrogens (tertiary/aromatic N) is 7. The molecule has 6 aromatic heterocycles. The van der Waals surface area contributed by atoms with Gasteiger partial charge < -0.3 is 0 Å². The van der Waals surface area contributed by atoms with Gasteiger partial charge in [-0.05, 0) is 71.8 Å². The molecule has 0 N–H and O–H groups in total. The van der Waals surface area contributed by atoms with E-state index in [9.17, 15) is 0 Å². The second-order valence-electron chi connectivity index (χ2n) is 11.4. The molecule has 0 amide bonds. The van der Waals surface area contributed by atoms with Crippen molar-refractivity contribution in [1.82, 2.24) is 34.9 Å². The lowest BCUT2D eigenvalue weighted by Gasteiger charge is -2.11. The molecule has 9 aromatic rings. The Morgan fingerprint density at radius 2 is 0.812 bits per heavy atom. The van der Waals surface area contributed by atoms with Crippen molar-refractivity contribution in [1.29, 1.82) is 0 Å². The molecule has 0 bridgehead atoms. The fraction of sp³-hybridized carbons (Fsp3) is 0. The van der Waals surface area contributed by atoms with Gasteiger partial charge in [-0.2, -0.15) is 0 Å². The average Bonchev–Trinajstić information content (AvgIpc) is 3.18. The van der Waals surface area contributed by atoms with Crippen LogP contribution in [0.5, 0.6) is 0 Å². The molecule has 7 heteroatoms. The van der Waals surface area contributed by atoms with Crippen LogP contribution in [0.1, 0.15) is 0 Å². The number of aromatic nitrogens is 7. The molecule has 0 aliphatic rings. The first-order valence-corrected chi connectivity index (χ1v) is 15.6. The summed E-state index contributed by atoms with van der Waals surface area (Å²) in [5.74, 6) is 0. The maximum absolute atomic E-state index is 5.11. The minimum Gasteiger partial charge on any atom is -0.255 e. The molecule has 0 spiro atoms. The van der Waals surface area contributed by atoms with Gasteiger partial charge in [0.15, 0.2) is 0 Å². The van der Waals surface area contributed by atoms with E-state index in [1.807, 2.05) is 66.7 Å². The Bertz CT molecular complexity index is 2590. The van der Waals surface area contributed by atoms with Crippen LogP contribution in [0.25, 0.3) is 89.4 Å². The predicted molar refractivity (Wildman–Crippen MR) is 191 cm³/mol. The molecule has 0 atom stereocenters. The third-order valence-corrected chi connectivity index (χ3v) is 8.44. The molecule has 0 radical (unpaired) electrons. The minimum absolute atomic E-state index is 0.700. The van der Waals surface area contributed by atoms with E-state index in [0.29, 0.717) is 11.4 Å². The predicted octanol–water partition coefficient (Wildman–Crippen LogP) is 9.25. The highest BCUT2D eigenvalue weighted by atomic mass is 14.9. The first-order chi connectivity index (χ1) is 23.8. The van der Waals surface area contributed by atoms with Crippen molar-refractivity contribution in [3.8, 4) is 56.5 Å². The SMILES string of the molecule is c1ccc(-c2ccc3ccc4ccc(-c5ccc(-c6ccc7nc(-c8ccccn8)c(-c8ccccn8)nc7c6)cc5)nc4c3n2)nc1. The van der Waals surface area contributed by atoms with Crippen molar-refractivity contribution in [2.45, 2.75) is 0 Å². The highest BCUT2D eigenvalue weighted by Gasteiger charge is 2.16.